The van der Waals surface area contributed by atoms with Gasteiger partial charge < -0.3 is 19.2 Å². The molecule has 28 heavy (non-hydrogen) atoms. The van der Waals surface area contributed by atoms with Crippen molar-refractivity contribution < 1.29 is 23.5 Å². The van der Waals surface area contributed by atoms with Crippen molar-refractivity contribution in [3.8, 4) is 17.9 Å². The number of amides is 1. The number of carbonyl (C=O) groups is 2. The molecule has 0 radical (unpaired) electrons. The first-order valence-corrected chi connectivity index (χ1v) is 8.11. The first-order chi connectivity index (χ1) is 13.6. The number of carbonyl (C=O) groups excluding carboxylic acids is 2. The average molecular weight is 375 g/mol. The topological polar surface area (TPSA) is 125 Å². The summed E-state index contributed by atoms with van der Waals surface area (Å²) in [5.41, 5.74) is 0.957. The highest BCUT2D eigenvalue weighted by Crippen LogP contribution is 2.30. The van der Waals surface area contributed by atoms with Gasteiger partial charge in [-0.05, 0) is 24.3 Å². The number of hydrogen-bond acceptors (Lipinski definition) is 7. The first-order valence-electron chi connectivity index (χ1n) is 8.11. The van der Waals surface area contributed by atoms with Gasteiger partial charge in [-0.25, -0.2) is 4.79 Å². The number of benzene rings is 2. The number of nitrogens with zero attached hydrogens (tertiary/aromatic N) is 2. The number of para-hydroxylation sites is 2. The molecule has 3 rings (SSSR count). The number of fused-ring (bicyclic) bond motifs is 1. The maximum atomic E-state index is 12.1. The third-order valence-electron chi connectivity index (χ3n) is 3.68. The predicted molar refractivity (Wildman–Crippen MR) is 97.2 cm³/mol. The highest BCUT2D eigenvalue weighted by molar-refractivity contribution is 6.03. The van der Waals surface area contributed by atoms with Crippen LogP contribution in [0.25, 0.3) is 11.0 Å². The second-order valence-corrected chi connectivity index (χ2v) is 5.52. The van der Waals surface area contributed by atoms with E-state index in [0.717, 1.165) is 0 Å². The highest BCUT2D eigenvalue weighted by Gasteiger charge is 2.17. The fraction of sp³-hybridized carbons (Fsp3) is 0.100. The Morgan fingerprint density at radius 2 is 1.75 bits per heavy atom. The summed E-state index contributed by atoms with van der Waals surface area (Å²) in [7, 11) is 0. The Morgan fingerprint density at radius 3 is 2.54 bits per heavy atom. The van der Waals surface area contributed by atoms with Crippen molar-refractivity contribution in [3.63, 3.8) is 0 Å². The summed E-state index contributed by atoms with van der Waals surface area (Å²) in [6.07, 6.45) is 0. The Bertz CT molecular complexity index is 1120. The molecule has 0 bridgehead atoms. The van der Waals surface area contributed by atoms with Gasteiger partial charge in [-0.15, -0.1) is 0 Å². The van der Waals surface area contributed by atoms with Crippen molar-refractivity contribution in [1.29, 1.82) is 10.5 Å². The number of rotatable bonds is 6. The van der Waals surface area contributed by atoms with Crippen LogP contribution in [0.1, 0.15) is 11.3 Å². The number of ether oxygens (including phenoxy) is 2. The molecule has 2 aromatic carbocycles. The van der Waals surface area contributed by atoms with Crippen LogP contribution in [0, 0.1) is 22.7 Å². The molecule has 0 saturated carbocycles. The van der Waals surface area contributed by atoms with Crippen molar-refractivity contribution in [1.82, 2.24) is 0 Å². The van der Waals surface area contributed by atoms with Crippen LogP contribution in [-0.4, -0.2) is 25.1 Å². The van der Waals surface area contributed by atoms with E-state index in [1.54, 1.807) is 48.5 Å². The molecule has 0 atom stereocenters. The van der Waals surface area contributed by atoms with Crippen LogP contribution in [0.5, 0.6) is 5.75 Å². The Labute approximate surface area is 159 Å². The third-order valence-corrected chi connectivity index (χ3v) is 3.68. The van der Waals surface area contributed by atoms with E-state index in [1.165, 1.54) is 0 Å². The van der Waals surface area contributed by atoms with Gasteiger partial charge in [0.1, 0.15) is 29.2 Å². The Balaban J connectivity index is 1.56. The Kier molecular flexibility index (Phi) is 5.54. The fourth-order valence-electron chi connectivity index (χ4n) is 2.43. The van der Waals surface area contributed by atoms with Gasteiger partial charge in [0.05, 0.1) is 5.56 Å². The third kappa shape index (κ3) is 4.09. The van der Waals surface area contributed by atoms with E-state index in [0.29, 0.717) is 11.0 Å². The summed E-state index contributed by atoms with van der Waals surface area (Å²) >= 11 is 0. The quantitative estimate of drug-likeness (QED) is 0.657. The molecule has 0 unspecified atom stereocenters. The highest BCUT2D eigenvalue weighted by atomic mass is 16.6. The molecule has 3 aromatic rings. The Hall–Kier alpha value is -4.30. The molecular formula is C20H13N3O5. The average Bonchev–Trinajstić information content (AvgIpc) is 3.08. The van der Waals surface area contributed by atoms with E-state index in [2.05, 4.69) is 5.32 Å². The van der Waals surface area contributed by atoms with Crippen molar-refractivity contribution in [2.45, 2.75) is 0 Å². The molecule has 0 aliphatic carbocycles. The lowest BCUT2D eigenvalue weighted by atomic mass is 10.2. The fourth-order valence-corrected chi connectivity index (χ4v) is 2.43. The van der Waals surface area contributed by atoms with Crippen molar-refractivity contribution in [3.05, 3.63) is 59.9 Å². The second kappa shape index (κ2) is 8.39. The molecule has 0 saturated heterocycles. The molecule has 8 nitrogen and oxygen atoms in total. The largest absolute Gasteiger partial charge is 0.481 e. The summed E-state index contributed by atoms with van der Waals surface area (Å²) < 4.78 is 15.5. The molecule has 1 N–H and O–H groups in total. The number of furan rings is 1. The van der Waals surface area contributed by atoms with Crippen molar-refractivity contribution in [2.24, 2.45) is 0 Å². The number of nitriles is 2. The number of hydrogen-bond donors (Lipinski definition) is 1. The molecular weight excluding hydrogens is 362 g/mol. The molecule has 0 aliphatic heterocycles. The van der Waals surface area contributed by atoms with E-state index in [1.807, 2.05) is 12.1 Å². The van der Waals surface area contributed by atoms with E-state index in [4.69, 9.17) is 24.4 Å². The lowest BCUT2D eigenvalue weighted by Crippen LogP contribution is -2.24. The van der Waals surface area contributed by atoms with Crippen LogP contribution in [0.15, 0.2) is 52.9 Å². The standard InChI is InChI=1S/C20H13N3O5/c21-9-13-5-1-3-7-15(13)26-12-19(25)27-11-18(24)23-20-14-6-2-4-8-16(14)28-17(20)10-22/h1-8H,11-12H2,(H,23,24). The summed E-state index contributed by atoms with van der Waals surface area (Å²) in [6.45, 7) is -1.02. The summed E-state index contributed by atoms with van der Waals surface area (Å²) in [5.74, 6) is -1.21. The molecule has 0 aliphatic rings. The van der Waals surface area contributed by atoms with Crippen LogP contribution in [0.3, 0.4) is 0 Å². The minimum absolute atomic E-state index is 0.0441. The molecule has 0 spiro atoms. The van der Waals surface area contributed by atoms with Crippen molar-refractivity contribution in [2.75, 3.05) is 18.5 Å². The van der Waals surface area contributed by atoms with Crippen LogP contribution in [0.2, 0.25) is 0 Å². The second-order valence-electron chi connectivity index (χ2n) is 5.52. The predicted octanol–water partition coefficient (Wildman–Crippen LogP) is 2.74. The minimum atomic E-state index is -0.777. The van der Waals surface area contributed by atoms with Crippen LogP contribution in [0.4, 0.5) is 5.69 Å². The maximum Gasteiger partial charge on any atom is 0.344 e. The van der Waals surface area contributed by atoms with Crippen LogP contribution in [-0.2, 0) is 14.3 Å². The van der Waals surface area contributed by atoms with Gasteiger partial charge in [0.25, 0.3) is 5.91 Å². The van der Waals surface area contributed by atoms with Crippen LogP contribution >= 0.6 is 0 Å². The zero-order valence-electron chi connectivity index (χ0n) is 14.5. The molecule has 8 heteroatoms. The Morgan fingerprint density at radius 1 is 1.00 bits per heavy atom. The smallest absolute Gasteiger partial charge is 0.344 e. The summed E-state index contributed by atoms with van der Waals surface area (Å²) in [4.78, 5) is 23.9. The monoisotopic (exact) mass is 375 g/mol. The zero-order valence-corrected chi connectivity index (χ0v) is 14.5. The van der Waals surface area contributed by atoms with Gasteiger partial charge in [0.2, 0.25) is 5.76 Å². The number of anilines is 1. The van der Waals surface area contributed by atoms with Crippen molar-refractivity contribution >= 4 is 28.5 Å². The van der Waals surface area contributed by atoms with Gasteiger partial charge in [-0.2, -0.15) is 10.5 Å². The van der Waals surface area contributed by atoms with Crippen LogP contribution < -0.4 is 10.1 Å². The molecule has 138 valence electrons. The van der Waals surface area contributed by atoms with Gasteiger partial charge in [0.15, 0.2) is 13.2 Å². The first kappa shape index (κ1) is 18.5. The minimum Gasteiger partial charge on any atom is -0.481 e. The lowest BCUT2D eigenvalue weighted by Gasteiger charge is -2.08. The van der Waals surface area contributed by atoms with E-state index >= 15 is 0 Å². The number of nitrogens with one attached hydrogen (secondary N) is 1. The van der Waals surface area contributed by atoms with Gasteiger partial charge in [0, 0.05) is 5.39 Å². The lowest BCUT2D eigenvalue weighted by molar-refractivity contribution is -0.149. The van der Waals surface area contributed by atoms with Gasteiger partial charge in [-0.3, -0.25) is 4.79 Å². The zero-order chi connectivity index (χ0) is 19.9. The van der Waals surface area contributed by atoms with E-state index < -0.39 is 25.1 Å². The molecule has 1 aromatic heterocycles. The van der Waals surface area contributed by atoms with Gasteiger partial charge in [-0.1, -0.05) is 24.3 Å². The maximum absolute atomic E-state index is 12.1. The number of esters is 1. The van der Waals surface area contributed by atoms with E-state index in [-0.39, 0.29) is 22.8 Å². The molecule has 1 heterocycles. The van der Waals surface area contributed by atoms with E-state index in [9.17, 15) is 9.59 Å². The SMILES string of the molecule is N#Cc1ccccc1OCC(=O)OCC(=O)Nc1c(C#N)oc2ccccc12. The normalized spacial score (nSPS) is 9.93. The summed E-state index contributed by atoms with van der Waals surface area (Å²) in [6, 6.07) is 17.1. The summed E-state index contributed by atoms with van der Waals surface area (Å²) in [5, 5.41) is 21.2. The van der Waals surface area contributed by atoms with Gasteiger partial charge >= 0.3 is 5.97 Å². The molecule has 0 fully saturated rings. The molecule has 1 amide bonds.